The smallest absolute Gasteiger partial charge is 0.196 e. The molecule has 6 heteroatoms. The van der Waals surface area contributed by atoms with Crippen molar-refractivity contribution in [3.63, 3.8) is 0 Å². The Kier molecular flexibility index (Phi) is 4.68. The van der Waals surface area contributed by atoms with E-state index in [2.05, 4.69) is 19.9 Å². The molecule has 6 nitrogen and oxygen atoms in total. The van der Waals surface area contributed by atoms with Gasteiger partial charge in [0.1, 0.15) is 6.33 Å². The summed E-state index contributed by atoms with van der Waals surface area (Å²) in [5, 5.41) is 0.728. The molecule has 0 unspecified atom stereocenters. The lowest BCUT2D eigenvalue weighted by Crippen LogP contribution is -2.10. The van der Waals surface area contributed by atoms with Gasteiger partial charge in [0.2, 0.25) is 0 Å². The summed E-state index contributed by atoms with van der Waals surface area (Å²) in [6.07, 6.45) is 6.06. The summed E-state index contributed by atoms with van der Waals surface area (Å²) in [5.41, 5.74) is 3.27. The standard InChI is InChI=1S/C22H16N4O2/c1-14-4-2-6-18(26-14)10-20(27)19-9-16(8-15-5-3-7-25-21(15)19)22(28)17-11-23-13-24-12-17/h2-9,11-13H,10H2,1H3. The van der Waals surface area contributed by atoms with Crippen molar-refractivity contribution in [3.8, 4) is 0 Å². The molecule has 0 radical (unpaired) electrons. The number of rotatable bonds is 5. The molecule has 0 spiro atoms. The van der Waals surface area contributed by atoms with Gasteiger partial charge in [-0.25, -0.2) is 9.97 Å². The number of carbonyl (C=O) groups excluding carboxylic acids is 2. The van der Waals surface area contributed by atoms with Crippen LogP contribution in [0.3, 0.4) is 0 Å². The van der Waals surface area contributed by atoms with Crippen LogP contribution in [0.2, 0.25) is 0 Å². The summed E-state index contributed by atoms with van der Waals surface area (Å²) in [5.74, 6) is -0.380. The number of fused-ring (bicyclic) bond motifs is 1. The first-order chi connectivity index (χ1) is 13.6. The third kappa shape index (κ3) is 3.53. The van der Waals surface area contributed by atoms with Crippen LogP contribution in [-0.4, -0.2) is 31.5 Å². The lowest BCUT2D eigenvalue weighted by molar-refractivity contribution is 0.0993. The molecule has 0 fully saturated rings. The summed E-state index contributed by atoms with van der Waals surface area (Å²) < 4.78 is 0. The maximum Gasteiger partial charge on any atom is 0.196 e. The minimum Gasteiger partial charge on any atom is -0.294 e. The third-order valence-corrected chi connectivity index (χ3v) is 4.38. The highest BCUT2D eigenvalue weighted by atomic mass is 16.1. The quantitative estimate of drug-likeness (QED) is 0.502. The number of pyridine rings is 2. The molecule has 0 bridgehead atoms. The fourth-order valence-corrected chi connectivity index (χ4v) is 3.08. The average Bonchev–Trinajstić information content (AvgIpc) is 2.73. The first kappa shape index (κ1) is 17.6. The minimum absolute atomic E-state index is 0.138. The summed E-state index contributed by atoms with van der Waals surface area (Å²) in [6, 6.07) is 12.5. The number of Topliss-reactive ketones (excluding diaryl/α,β-unsaturated/α-hetero) is 1. The second-order valence-corrected chi connectivity index (χ2v) is 6.43. The van der Waals surface area contributed by atoms with Gasteiger partial charge in [0.05, 0.1) is 17.5 Å². The number of hydrogen-bond acceptors (Lipinski definition) is 6. The number of benzene rings is 1. The van der Waals surface area contributed by atoms with E-state index < -0.39 is 0 Å². The highest BCUT2D eigenvalue weighted by Crippen LogP contribution is 2.22. The van der Waals surface area contributed by atoms with E-state index in [1.165, 1.54) is 18.7 Å². The van der Waals surface area contributed by atoms with Gasteiger partial charge in [0.25, 0.3) is 0 Å². The Morgan fingerprint density at radius 3 is 2.57 bits per heavy atom. The molecule has 0 aliphatic heterocycles. The Bertz CT molecular complexity index is 1190. The van der Waals surface area contributed by atoms with Crippen molar-refractivity contribution in [1.29, 1.82) is 0 Å². The van der Waals surface area contributed by atoms with E-state index in [0.29, 0.717) is 27.9 Å². The highest BCUT2D eigenvalue weighted by Gasteiger charge is 2.18. The number of aromatic nitrogens is 4. The zero-order valence-electron chi connectivity index (χ0n) is 15.2. The zero-order chi connectivity index (χ0) is 19.5. The molecule has 0 aliphatic carbocycles. The van der Waals surface area contributed by atoms with Crippen LogP contribution in [0.15, 0.2) is 67.4 Å². The van der Waals surface area contributed by atoms with Crippen LogP contribution in [0.25, 0.3) is 10.9 Å². The normalized spacial score (nSPS) is 10.8. The first-order valence-electron chi connectivity index (χ1n) is 8.76. The Morgan fingerprint density at radius 2 is 1.79 bits per heavy atom. The molecule has 3 aromatic heterocycles. The predicted octanol–water partition coefficient (Wildman–Crippen LogP) is 3.38. The van der Waals surface area contributed by atoms with Crippen LogP contribution in [0, 0.1) is 6.92 Å². The molecular weight excluding hydrogens is 352 g/mol. The second-order valence-electron chi connectivity index (χ2n) is 6.43. The Morgan fingerprint density at radius 1 is 0.964 bits per heavy atom. The number of hydrogen-bond donors (Lipinski definition) is 0. The molecular formula is C22H16N4O2. The molecule has 0 aliphatic rings. The van der Waals surface area contributed by atoms with Crippen LogP contribution >= 0.6 is 0 Å². The van der Waals surface area contributed by atoms with Gasteiger partial charge < -0.3 is 0 Å². The van der Waals surface area contributed by atoms with Gasteiger partial charge in [-0.05, 0) is 37.3 Å². The monoisotopic (exact) mass is 368 g/mol. The van der Waals surface area contributed by atoms with Crippen molar-refractivity contribution in [2.24, 2.45) is 0 Å². The van der Waals surface area contributed by atoms with E-state index in [4.69, 9.17) is 0 Å². The second kappa shape index (κ2) is 7.44. The van der Waals surface area contributed by atoms with Gasteiger partial charge in [-0.2, -0.15) is 0 Å². The molecule has 0 N–H and O–H groups in total. The molecule has 4 rings (SSSR count). The van der Waals surface area contributed by atoms with Gasteiger partial charge in [-0.1, -0.05) is 12.1 Å². The molecule has 3 heterocycles. The van der Waals surface area contributed by atoms with Crippen LogP contribution in [-0.2, 0) is 6.42 Å². The number of aryl methyl sites for hydroxylation is 1. The van der Waals surface area contributed by atoms with Crippen LogP contribution in [0.5, 0.6) is 0 Å². The van der Waals surface area contributed by atoms with Crippen molar-refractivity contribution in [2.75, 3.05) is 0 Å². The van der Waals surface area contributed by atoms with E-state index >= 15 is 0 Å². The van der Waals surface area contributed by atoms with E-state index in [1.807, 2.05) is 31.2 Å². The summed E-state index contributed by atoms with van der Waals surface area (Å²) in [7, 11) is 0. The van der Waals surface area contributed by atoms with E-state index in [0.717, 1.165) is 11.1 Å². The summed E-state index contributed by atoms with van der Waals surface area (Å²) in [6.45, 7) is 1.88. The zero-order valence-corrected chi connectivity index (χ0v) is 15.2. The first-order valence-corrected chi connectivity index (χ1v) is 8.76. The summed E-state index contributed by atoms with van der Waals surface area (Å²) in [4.78, 5) is 42.4. The molecule has 1 aromatic carbocycles. The Labute approximate surface area is 161 Å². The Balaban J connectivity index is 1.78. The topological polar surface area (TPSA) is 85.7 Å². The van der Waals surface area contributed by atoms with Gasteiger partial charge in [0, 0.05) is 46.5 Å². The minimum atomic E-state index is -0.242. The number of ketones is 2. The number of nitrogens with zero attached hydrogens (tertiary/aromatic N) is 4. The molecule has 0 saturated heterocycles. The van der Waals surface area contributed by atoms with Crippen molar-refractivity contribution in [1.82, 2.24) is 19.9 Å². The maximum absolute atomic E-state index is 13.0. The Hall–Kier alpha value is -3.80. The lowest BCUT2D eigenvalue weighted by atomic mass is 9.96. The molecule has 4 aromatic rings. The molecule has 28 heavy (non-hydrogen) atoms. The van der Waals surface area contributed by atoms with E-state index in [9.17, 15) is 9.59 Å². The van der Waals surface area contributed by atoms with Crippen LogP contribution in [0.1, 0.15) is 37.7 Å². The largest absolute Gasteiger partial charge is 0.294 e. The number of carbonyl (C=O) groups is 2. The predicted molar refractivity (Wildman–Crippen MR) is 104 cm³/mol. The van der Waals surface area contributed by atoms with Gasteiger partial charge in [-0.15, -0.1) is 0 Å². The molecule has 0 saturated carbocycles. The fraction of sp³-hybridized carbons (Fsp3) is 0.0909. The molecule has 0 amide bonds. The van der Waals surface area contributed by atoms with E-state index in [-0.39, 0.29) is 18.0 Å². The van der Waals surface area contributed by atoms with Crippen molar-refractivity contribution in [2.45, 2.75) is 13.3 Å². The average molecular weight is 368 g/mol. The SMILES string of the molecule is Cc1cccc(CC(=O)c2cc(C(=O)c3cncnc3)cc3cccnc23)n1. The fourth-order valence-electron chi connectivity index (χ4n) is 3.08. The van der Waals surface area contributed by atoms with Crippen LogP contribution < -0.4 is 0 Å². The van der Waals surface area contributed by atoms with Gasteiger partial charge in [0.15, 0.2) is 11.6 Å². The van der Waals surface area contributed by atoms with Crippen LogP contribution in [0.4, 0.5) is 0 Å². The molecule has 0 atom stereocenters. The van der Waals surface area contributed by atoms with Crippen molar-refractivity contribution < 1.29 is 9.59 Å². The third-order valence-electron chi connectivity index (χ3n) is 4.38. The van der Waals surface area contributed by atoms with E-state index in [1.54, 1.807) is 24.4 Å². The maximum atomic E-state index is 13.0. The van der Waals surface area contributed by atoms with Gasteiger partial charge in [-0.3, -0.25) is 19.6 Å². The molecule has 136 valence electrons. The van der Waals surface area contributed by atoms with Gasteiger partial charge >= 0.3 is 0 Å². The lowest BCUT2D eigenvalue weighted by Gasteiger charge is -2.09. The highest BCUT2D eigenvalue weighted by molar-refractivity contribution is 6.14. The summed E-state index contributed by atoms with van der Waals surface area (Å²) >= 11 is 0. The van der Waals surface area contributed by atoms with Crippen molar-refractivity contribution in [3.05, 3.63) is 95.5 Å². The van der Waals surface area contributed by atoms with Crippen molar-refractivity contribution >= 4 is 22.5 Å².